The third-order valence-electron chi connectivity index (χ3n) is 7.79. The van der Waals surface area contributed by atoms with Crippen molar-refractivity contribution in [1.82, 2.24) is 14.5 Å². The normalized spacial score (nSPS) is 16.4. The number of anilines is 3. The SMILES string of the molecule is Cc1ccc(NC(=O)c2ccnc(N3CCOCC3)c2)cc1-n1cnc2ccc(N3CC[NH+](C)CC3)cc2c1=O. The molecule has 4 heterocycles. The van der Waals surface area contributed by atoms with Gasteiger partial charge in [0.1, 0.15) is 12.1 Å². The quantitative estimate of drug-likeness (QED) is 0.396. The summed E-state index contributed by atoms with van der Waals surface area (Å²) in [4.78, 5) is 41.8. The maximum atomic E-state index is 13.7. The van der Waals surface area contributed by atoms with Crippen LogP contribution >= 0.6 is 0 Å². The Morgan fingerprint density at radius 1 is 0.950 bits per heavy atom. The number of carbonyl (C=O) groups excluding carboxylic acids is 1. The second kappa shape index (κ2) is 11.1. The number of morpholine rings is 1. The minimum absolute atomic E-state index is 0.137. The Kier molecular flexibility index (Phi) is 7.19. The van der Waals surface area contributed by atoms with Crippen LogP contribution in [0.2, 0.25) is 0 Å². The van der Waals surface area contributed by atoms with Crippen molar-refractivity contribution in [3.8, 4) is 5.69 Å². The Labute approximate surface area is 232 Å². The number of hydrogen-bond donors (Lipinski definition) is 2. The maximum absolute atomic E-state index is 13.7. The van der Waals surface area contributed by atoms with E-state index in [4.69, 9.17) is 4.74 Å². The van der Waals surface area contributed by atoms with Gasteiger partial charge in [0.05, 0.1) is 63.0 Å². The number of ether oxygens (including phenoxy) is 1. The lowest BCUT2D eigenvalue weighted by Crippen LogP contribution is -3.12. The lowest BCUT2D eigenvalue weighted by atomic mass is 10.1. The molecule has 0 radical (unpaired) electrons. The monoisotopic (exact) mass is 540 g/mol. The van der Waals surface area contributed by atoms with E-state index < -0.39 is 0 Å². The first-order valence-corrected chi connectivity index (χ1v) is 13.7. The average Bonchev–Trinajstić information content (AvgIpc) is 2.99. The Morgan fingerprint density at radius 3 is 2.55 bits per heavy atom. The summed E-state index contributed by atoms with van der Waals surface area (Å²) >= 11 is 0. The number of carbonyl (C=O) groups is 1. The molecule has 10 heteroatoms. The van der Waals surface area contributed by atoms with Crippen molar-refractivity contribution in [2.45, 2.75) is 6.92 Å². The molecule has 6 rings (SSSR count). The van der Waals surface area contributed by atoms with Gasteiger partial charge in [-0.05, 0) is 55.0 Å². The van der Waals surface area contributed by atoms with Crippen LogP contribution in [-0.4, -0.2) is 80.0 Å². The molecule has 2 aliphatic heterocycles. The topological polar surface area (TPSA) is 97.0 Å². The van der Waals surface area contributed by atoms with Crippen molar-refractivity contribution < 1.29 is 14.4 Å². The van der Waals surface area contributed by atoms with E-state index in [1.54, 1.807) is 29.2 Å². The molecule has 2 aromatic heterocycles. The number of nitrogens with one attached hydrogen (secondary N) is 2. The van der Waals surface area contributed by atoms with Crippen LogP contribution in [0.15, 0.2) is 65.8 Å². The van der Waals surface area contributed by atoms with Gasteiger partial charge < -0.3 is 24.8 Å². The van der Waals surface area contributed by atoms with E-state index in [1.165, 1.54) is 4.90 Å². The van der Waals surface area contributed by atoms with Gasteiger partial charge in [-0.3, -0.25) is 14.2 Å². The van der Waals surface area contributed by atoms with E-state index >= 15 is 0 Å². The summed E-state index contributed by atoms with van der Waals surface area (Å²) in [6.07, 6.45) is 3.22. The van der Waals surface area contributed by atoms with Crippen LogP contribution < -0.4 is 25.6 Å². The smallest absolute Gasteiger partial charge is 0.265 e. The summed E-state index contributed by atoms with van der Waals surface area (Å²) < 4.78 is 6.99. The number of rotatable bonds is 5. The van der Waals surface area contributed by atoms with Gasteiger partial charge in [-0.15, -0.1) is 0 Å². The molecule has 0 aliphatic carbocycles. The molecule has 0 atom stereocenters. The predicted molar refractivity (Wildman–Crippen MR) is 156 cm³/mol. The summed E-state index contributed by atoms with van der Waals surface area (Å²) in [6, 6.07) is 15.0. The molecule has 2 N–H and O–H groups in total. The Morgan fingerprint density at radius 2 is 1.75 bits per heavy atom. The van der Waals surface area contributed by atoms with Gasteiger partial charge in [-0.2, -0.15) is 0 Å². The molecule has 4 aromatic rings. The van der Waals surface area contributed by atoms with Gasteiger partial charge in [-0.25, -0.2) is 9.97 Å². The Bertz CT molecular complexity index is 1600. The van der Waals surface area contributed by atoms with Crippen LogP contribution in [0.3, 0.4) is 0 Å². The third kappa shape index (κ3) is 5.28. The second-order valence-electron chi connectivity index (χ2n) is 10.5. The standard InChI is InChI=1S/C30H33N7O3/c1-21-3-4-23(33-29(38)22-7-8-31-28(17-22)36-13-15-40-16-14-36)18-27(21)37-20-32-26-6-5-24(19-25(26)30(37)39)35-11-9-34(2)10-12-35/h3-8,17-20H,9-16H2,1-2H3,(H,33,38)/p+1. The van der Waals surface area contributed by atoms with Gasteiger partial charge >= 0.3 is 0 Å². The fourth-order valence-corrected chi connectivity index (χ4v) is 5.30. The van der Waals surface area contributed by atoms with Crippen molar-refractivity contribution in [2.24, 2.45) is 0 Å². The van der Waals surface area contributed by atoms with Crippen LogP contribution in [0.5, 0.6) is 0 Å². The first kappa shape index (κ1) is 26.0. The first-order valence-electron chi connectivity index (χ1n) is 13.7. The van der Waals surface area contributed by atoms with Gasteiger partial charge in [-0.1, -0.05) is 6.07 Å². The van der Waals surface area contributed by atoms with E-state index in [9.17, 15) is 9.59 Å². The molecular formula is C30H34N7O3+. The number of amides is 1. The van der Waals surface area contributed by atoms with Crippen LogP contribution in [0, 0.1) is 6.92 Å². The number of quaternary nitrogens is 1. The number of likely N-dealkylation sites (N-methyl/N-ethyl adjacent to an activating group) is 1. The summed E-state index contributed by atoms with van der Waals surface area (Å²) in [5, 5.41) is 3.56. The van der Waals surface area contributed by atoms with E-state index in [0.29, 0.717) is 41.1 Å². The van der Waals surface area contributed by atoms with Crippen LogP contribution in [0.4, 0.5) is 17.2 Å². The fourth-order valence-electron chi connectivity index (χ4n) is 5.30. The molecule has 2 aliphatic rings. The lowest BCUT2D eigenvalue weighted by molar-refractivity contribution is -0.880. The van der Waals surface area contributed by atoms with E-state index in [1.807, 2.05) is 43.3 Å². The van der Waals surface area contributed by atoms with Gasteiger partial charge in [0, 0.05) is 36.2 Å². The molecule has 0 saturated carbocycles. The molecule has 2 fully saturated rings. The summed E-state index contributed by atoms with van der Waals surface area (Å²) in [6.45, 7) is 8.77. The van der Waals surface area contributed by atoms with Gasteiger partial charge in [0.15, 0.2) is 0 Å². The van der Waals surface area contributed by atoms with Crippen LogP contribution in [-0.2, 0) is 4.74 Å². The summed E-state index contributed by atoms with van der Waals surface area (Å²) in [5.41, 5.74) is 4.26. The number of aromatic nitrogens is 3. The first-order chi connectivity index (χ1) is 19.5. The van der Waals surface area contributed by atoms with Crippen molar-refractivity contribution >= 4 is 34.0 Å². The second-order valence-corrected chi connectivity index (χ2v) is 10.5. The molecular weight excluding hydrogens is 506 g/mol. The van der Waals surface area contributed by atoms with E-state index in [0.717, 1.165) is 56.3 Å². The zero-order valence-electron chi connectivity index (χ0n) is 22.9. The number of fused-ring (bicyclic) bond motifs is 1. The summed E-state index contributed by atoms with van der Waals surface area (Å²) in [5.74, 6) is 0.515. The van der Waals surface area contributed by atoms with Crippen LogP contribution in [0.1, 0.15) is 15.9 Å². The average molecular weight is 541 g/mol. The fraction of sp³-hybridized carbons (Fsp3) is 0.333. The van der Waals surface area contributed by atoms with Crippen molar-refractivity contribution in [2.75, 3.05) is 74.6 Å². The Balaban J connectivity index is 1.27. The third-order valence-corrected chi connectivity index (χ3v) is 7.79. The predicted octanol–water partition coefficient (Wildman–Crippen LogP) is 1.51. The molecule has 1 amide bonds. The molecule has 0 unspecified atom stereocenters. The van der Waals surface area contributed by atoms with Gasteiger partial charge in [0.2, 0.25) is 0 Å². The van der Waals surface area contributed by atoms with E-state index in [-0.39, 0.29) is 11.5 Å². The molecule has 40 heavy (non-hydrogen) atoms. The molecule has 0 spiro atoms. The maximum Gasteiger partial charge on any atom is 0.265 e. The minimum atomic E-state index is -0.241. The number of pyridine rings is 1. The molecule has 206 valence electrons. The highest BCUT2D eigenvalue weighted by Crippen LogP contribution is 2.23. The zero-order valence-corrected chi connectivity index (χ0v) is 22.9. The van der Waals surface area contributed by atoms with Crippen molar-refractivity contribution in [3.63, 3.8) is 0 Å². The lowest BCUT2D eigenvalue weighted by Gasteiger charge is -2.31. The number of nitrogens with zero attached hydrogens (tertiary/aromatic N) is 5. The number of aryl methyl sites for hydroxylation is 1. The van der Waals surface area contributed by atoms with E-state index in [2.05, 4.69) is 32.1 Å². The highest BCUT2D eigenvalue weighted by atomic mass is 16.5. The van der Waals surface area contributed by atoms with Gasteiger partial charge in [0.25, 0.3) is 11.5 Å². The highest BCUT2D eigenvalue weighted by Gasteiger charge is 2.19. The minimum Gasteiger partial charge on any atom is -0.378 e. The molecule has 2 saturated heterocycles. The summed E-state index contributed by atoms with van der Waals surface area (Å²) in [7, 11) is 2.21. The van der Waals surface area contributed by atoms with Crippen LogP contribution in [0.25, 0.3) is 16.6 Å². The Hall–Kier alpha value is -4.28. The zero-order chi connectivity index (χ0) is 27.6. The van der Waals surface area contributed by atoms with Crippen molar-refractivity contribution in [3.05, 3.63) is 82.5 Å². The largest absolute Gasteiger partial charge is 0.378 e. The highest BCUT2D eigenvalue weighted by molar-refractivity contribution is 6.04. The molecule has 10 nitrogen and oxygen atoms in total. The number of hydrogen-bond acceptors (Lipinski definition) is 7. The molecule has 2 aromatic carbocycles. The number of benzene rings is 2. The molecule has 0 bridgehead atoms. The van der Waals surface area contributed by atoms with Crippen molar-refractivity contribution in [1.29, 1.82) is 0 Å². The number of piperazine rings is 1.